The van der Waals surface area contributed by atoms with E-state index in [9.17, 15) is 9.59 Å². The van der Waals surface area contributed by atoms with E-state index in [0.29, 0.717) is 6.42 Å². The fourth-order valence-corrected chi connectivity index (χ4v) is 2.23. The summed E-state index contributed by atoms with van der Waals surface area (Å²) < 4.78 is 0. The van der Waals surface area contributed by atoms with Gasteiger partial charge in [0.05, 0.1) is 0 Å². The molecule has 0 radical (unpaired) electrons. The van der Waals surface area contributed by atoms with E-state index in [1.165, 1.54) is 23.3 Å². The third-order valence-corrected chi connectivity index (χ3v) is 3.55. The zero-order valence-corrected chi connectivity index (χ0v) is 11.4. The van der Waals surface area contributed by atoms with Gasteiger partial charge in [0.15, 0.2) is 5.66 Å². The Morgan fingerprint density at radius 2 is 1.85 bits per heavy atom. The lowest BCUT2D eigenvalue weighted by atomic mass is 9.90. The maximum Gasteiger partial charge on any atom is 0.237 e. The van der Waals surface area contributed by atoms with Crippen molar-refractivity contribution in [3.8, 4) is 0 Å². The first-order valence-corrected chi connectivity index (χ1v) is 6.26. The third-order valence-electron chi connectivity index (χ3n) is 3.55. The number of allylic oxidation sites excluding steroid dienone is 2. The molecule has 0 atom stereocenters. The molecule has 20 heavy (non-hydrogen) atoms. The molecule has 1 aromatic rings. The van der Waals surface area contributed by atoms with Crippen molar-refractivity contribution in [2.24, 2.45) is 9.98 Å². The molecular weight excluding hydrogens is 252 g/mol. The Bertz CT molecular complexity index is 670. The monoisotopic (exact) mass is 266 g/mol. The summed E-state index contributed by atoms with van der Waals surface area (Å²) in [6, 6.07) is 6.10. The number of aryl methyl sites for hydroxylation is 1. The predicted molar refractivity (Wildman–Crippen MR) is 76.6 cm³/mol. The molecule has 0 heterocycles. The van der Waals surface area contributed by atoms with E-state index in [2.05, 4.69) is 29.9 Å². The van der Waals surface area contributed by atoms with Crippen molar-refractivity contribution in [2.75, 3.05) is 0 Å². The summed E-state index contributed by atoms with van der Waals surface area (Å²) >= 11 is 0. The standard InChI is InChI=1S/C16H14N2O2/c1-12-4-3-5-15(13(12)2)14-6-8-16(9-7-14,17-10-19)18-11-20/h3-8H,9H2,1-2H3. The van der Waals surface area contributed by atoms with Crippen molar-refractivity contribution in [1.29, 1.82) is 0 Å². The van der Waals surface area contributed by atoms with Crippen LogP contribution in [0, 0.1) is 13.8 Å². The molecule has 0 N–H and O–H groups in total. The van der Waals surface area contributed by atoms with E-state index >= 15 is 0 Å². The molecular formula is C16H14N2O2. The Balaban J connectivity index is 2.39. The highest BCUT2D eigenvalue weighted by Crippen LogP contribution is 2.31. The van der Waals surface area contributed by atoms with E-state index in [1.54, 1.807) is 6.08 Å². The normalized spacial score (nSPS) is 20.6. The Morgan fingerprint density at radius 1 is 1.15 bits per heavy atom. The molecule has 0 spiro atoms. The van der Waals surface area contributed by atoms with Crippen LogP contribution in [0.2, 0.25) is 0 Å². The average molecular weight is 266 g/mol. The van der Waals surface area contributed by atoms with Crippen LogP contribution in [0.1, 0.15) is 23.1 Å². The summed E-state index contributed by atoms with van der Waals surface area (Å²) in [6.07, 6.45) is 8.65. The van der Waals surface area contributed by atoms with Crippen LogP contribution in [-0.4, -0.2) is 17.8 Å². The molecule has 0 amide bonds. The number of hydrogen-bond donors (Lipinski definition) is 0. The summed E-state index contributed by atoms with van der Waals surface area (Å²) in [5, 5.41) is 0. The lowest BCUT2D eigenvalue weighted by molar-refractivity contribution is 0.514. The van der Waals surface area contributed by atoms with E-state index in [-0.39, 0.29) is 0 Å². The van der Waals surface area contributed by atoms with Crippen LogP contribution in [-0.2, 0) is 9.59 Å². The van der Waals surface area contributed by atoms with Crippen molar-refractivity contribution in [1.82, 2.24) is 0 Å². The van der Waals surface area contributed by atoms with E-state index in [1.807, 2.05) is 24.3 Å². The van der Waals surface area contributed by atoms with Gasteiger partial charge in [0.1, 0.15) is 0 Å². The van der Waals surface area contributed by atoms with Gasteiger partial charge < -0.3 is 0 Å². The van der Waals surface area contributed by atoms with E-state index < -0.39 is 5.66 Å². The largest absolute Gasteiger partial charge is 0.237 e. The second-order valence-electron chi connectivity index (χ2n) is 4.73. The molecule has 1 aliphatic rings. The minimum atomic E-state index is -1.18. The number of nitrogens with zero attached hydrogens (tertiary/aromatic N) is 2. The Morgan fingerprint density at radius 3 is 2.40 bits per heavy atom. The molecule has 100 valence electrons. The number of hydrogen-bond acceptors (Lipinski definition) is 4. The highest BCUT2D eigenvalue weighted by molar-refractivity contribution is 5.78. The maximum atomic E-state index is 10.5. The topological polar surface area (TPSA) is 58.9 Å². The number of carbonyl (C=O) groups excluding carboxylic acids is 2. The van der Waals surface area contributed by atoms with Gasteiger partial charge in [-0.25, -0.2) is 9.59 Å². The number of aliphatic imine (C=N–C) groups is 2. The Kier molecular flexibility index (Phi) is 3.90. The Labute approximate surface area is 117 Å². The molecule has 0 saturated heterocycles. The molecule has 4 nitrogen and oxygen atoms in total. The van der Waals surface area contributed by atoms with Crippen LogP contribution in [0.5, 0.6) is 0 Å². The molecule has 1 aliphatic carbocycles. The third kappa shape index (κ3) is 2.57. The molecule has 0 aromatic heterocycles. The van der Waals surface area contributed by atoms with Crippen molar-refractivity contribution >= 4 is 17.7 Å². The lowest BCUT2D eigenvalue weighted by Crippen LogP contribution is -2.21. The zero-order chi connectivity index (χ0) is 14.6. The van der Waals surface area contributed by atoms with Crippen molar-refractivity contribution in [2.45, 2.75) is 25.9 Å². The van der Waals surface area contributed by atoms with E-state index in [0.717, 1.165) is 11.1 Å². The van der Waals surface area contributed by atoms with Gasteiger partial charge in [-0.3, -0.25) is 0 Å². The Hall–Kier alpha value is -2.54. The van der Waals surface area contributed by atoms with Gasteiger partial charge in [-0.2, -0.15) is 9.98 Å². The summed E-state index contributed by atoms with van der Waals surface area (Å²) in [6.45, 7) is 4.12. The summed E-state index contributed by atoms with van der Waals surface area (Å²) in [5.74, 6) is 0. The van der Waals surface area contributed by atoms with Gasteiger partial charge in [0.25, 0.3) is 0 Å². The summed E-state index contributed by atoms with van der Waals surface area (Å²) in [4.78, 5) is 28.1. The minimum absolute atomic E-state index is 0.344. The van der Waals surface area contributed by atoms with Crippen molar-refractivity contribution < 1.29 is 9.59 Å². The maximum absolute atomic E-state index is 10.5. The number of isocyanates is 2. The first kappa shape index (κ1) is 13.9. The van der Waals surface area contributed by atoms with E-state index in [4.69, 9.17) is 0 Å². The highest BCUT2D eigenvalue weighted by atomic mass is 16.1. The fourth-order valence-electron chi connectivity index (χ4n) is 2.23. The van der Waals surface area contributed by atoms with Gasteiger partial charge in [-0.1, -0.05) is 30.4 Å². The first-order valence-electron chi connectivity index (χ1n) is 6.26. The molecule has 4 heteroatoms. The molecule has 2 rings (SSSR count). The van der Waals surface area contributed by atoms with Crippen LogP contribution >= 0.6 is 0 Å². The molecule has 0 saturated carbocycles. The number of rotatable bonds is 3. The quantitative estimate of drug-likeness (QED) is 0.623. The second-order valence-corrected chi connectivity index (χ2v) is 4.73. The second kappa shape index (κ2) is 5.62. The molecule has 0 fully saturated rings. The molecule has 0 unspecified atom stereocenters. The van der Waals surface area contributed by atoms with Gasteiger partial charge in [-0.05, 0) is 42.2 Å². The van der Waals surface area contributed by atoms with Gasteiger partial charge in [0.2, 0.25) is 12.2 Å². The van der Waals surface area contributed by atoms with Crippen molar-refractivity contribution in [3.63, 3.8) is 0 Å². The van der Waals surface area contributed by atoms with Gasteiger partial charge >= 0.3 is 0 Å². The smallest absolute Gasteiger partial charge is 0.211 e. The van der Waals surface area contributed by atoms with Gasteiger partial charge in [0, 0.05) is 6.42 Å². The fraction of sp³-hybridized carbons (Fsp3) is 0.250. The van der Waals surface area contributed by atoms with Crippen LogP contribution in [0.25, 0.3) is 5.57 Å². The van der Waals surface area contributed by atoms with Crippen LogP contribution in [0.15, 0.2) is 46.4 Å². The lowest BCUT2D eigenvalue weighted by Gasteiger charge is -2.21. The van der Waals surface area contributed by atoms with Gasteiger partial charge in [-0.15, -0.1) is 0 Å². The predicted octanol–water partition coefficient (Wildman–Crippen LogP) is 3.01. The van der Waals surface area contributed by atoms with Crippen molar-refractivity contribution in [3.05, 3.63) is 53.1 Å². The zero-order valence-electron chi connectivity index (χ0n) is 11.4. The SMILES string of the molecule is Cc1cccc(C2=CCC(N=C=O)(N=C=O)C=C2)c1C. The van der Waals surface area contributed by atoms with Crippen LogP contribution in [0.3, 0.4) is 0 Å². The summed E-state index contributed by atoms with van der Waals surface area (Å²) in [5.41, 5.74) is 3.40. The average Bonchev–Trinajstić information content (AvgIpc) is 2.44. The van der Waals surface area contributed by atoms with Crippen LogP contribution < -0.4 is 0 Å². The highest BCUT2D eigenvalue weighted by Gasteiger charge is 2.27. The summed E-state index contributed by atoms with van der Waals surface area (Å²) in [7, 11) is 0. The molecule has 0 aliphatic heterocycles. The first-order chi connectivity index (χ1) is 9.62. The molecule has 0 bridgehead atoms. The van der Waals surface area contributed by atoms with Crippen LogP contribution in [0.4, 0.5) is 0 Å². The number of benzene rings is 1. The molecule has 1 aromatic carbocycles. The minimum Gasteiger partial charge on any atom is -0.211 e.